The Morgan fingerprint density at radius 1 is 1.35 bits per heavy atom. The van der Waals surface area contributed by atoms with E-state index in [0.29, 0.717) is 11.8 Å². The van der Waals surface area contributed by atoms with Gasteiger partial charge in [0.05, 0.1) is 5.41 Å². The molecule has 0 aromatic heterocycles. The minimum absolute atomic E-state index is 0.144. The van der Waals surface area contributed by atoms with Gasteiger partial charge in [-0.2, -0.15) is 0 Å². The van der Waals surface area contributed by atoms with Crippen molar-refractivity contribution in [3.8, 4) is 0 Å². The molecule has 0 aromatic carbocycles. The lowest BCUT2D eigenvalue weighted by Crippen LogP contribution is -2.51. The topological polar surface area (TPSA) is 35.6 Å². The average Bonchev–Trinajstić information content (AvgIpc) is 2.88. The quantitative estimate of drug-likeness (QED) is 0.846. The first-order valence-electron chi connectivity index (χ1n) is 8.10. The fourth-order valence-electron chi connectivity index (χ4n) is 3.78. The highest BCUT2D eigenvalue weighted by atomic mass is 16.2. The molecule has 0 bridgehead atoms. The Morgan fingerprint density at radius 2 is 2.00 bits per heavy atom. The second-order valence-corrected chi connectivity index (χ2v) is 7.24. The van der Waals surface area contributed by atoms with E-state index in [1.807, 2.05) is 0 Å². The van der Waals surface area contributed by atoms with Gasteiger partial charge in [0.15, 0.2) is 0 Å². The van der Waals surface area contributed by atoms with Crippen LogP contribution in [0.25, 0.3) is 0 Å². The molecule has 4 nitrogen and oxygen atoms in total. The van der Waals surface area contributed by atoms with Gasteiger partial charge in [0, 0.05) is 26.2 Å². The van der Waals surface area contributed by atoms with Gasteiger partial charge < -0.3 is 15.1 Å². The van der Waals surface area contributed by atoms with Crippen LogP contribution in [0, 0.1) is 17.3 Å². The Morgan fingerprint density at radius 3 is 2.45 bits per heavy atom. The largest absolute Gasteiger partial charge is 0.342 e. The van der Waals surface area contributed by atoms with Crippen LogP contribution in [0.1, 0.15) is 33.1 Å². The number of hydrogen-bond donors (Lipinski definition) is 1. The molecule has 116 valence electrons. The first kappa shape index (κ1) is 15.8. The smallest absolute Gasteiger partial charge is 0.230 e. The molecule has 2 fully saturated rings. The van der Waals surface area contributed by atoms with Gasteiger partial charge in [-0.25, -0.2) is 0 Å². The van der Waals surface area contributed by atoms with Crippen molar-refractivity contribution in [2.75, 3.05) is 46.8 Å². The van der Waals surface area contributed by atoms with Crippen LogP contribution >= 0.6 is 0 Å². The lowest BCUT2D eigenvalue weighted by atomic mass is 9.74. The summed E-state index contributed by atoms with van der Waals surface area (Å²) in [6.07, 6.45) is 3.32. The molecule has 20 heavy (non-hydrogen) atoms. The van der Waals surface area contributed by atoms with Crippen molar-refractivity contribution in [1.82, 2.24) is 15.1 Å². The zero-order valence-corrected chi connectivity index (χ0v) is 13.6. The van der Waals surface area contributed by atoms with Crippen molar-refractivity contribution in [2.45, 2.75) is 33.1 Å². The summed E-state index contributed by atoms with van der Waals surface area (Å²) in [5.41, 5.74) is -0.144. The van der Waals surface area contributed by atoms with Crippen LogP contribution in [0.3, 0.4) is 0 Å². The third-order valence-electron chi connectivity index (χ3n) is 5.24. The monoisotopic (exact) mass is 281 g/mol. The van der Waals surface area contributed by atoms with Gasteiger partial charge in [-0.1, -0.05) is 13.8 Å². The number of rotatable bonds is 4. The number of carbonyl (C=O) groups excluding carboxylic acids is 1. The van der Waals surface area contributed by atoms with Crippen molar-refractivity contribution < 1.29 is 4.79 Å². The fraction of sp³-hybridized carbons (Fsp3) is 0.938. The van der Waals surface area contributed by atoms with Crippen molar-refractivity contribution in [3.63, 3.8) is 0 Å². The van der Waals surface area contributed by atoms with Crippen LogP contribution in [0.5, 0.6) is 0 Å². The van der Waals surface area contributed by atoms with Crippen molar-refractivity contribution >= 4 is 5.91 Å². The Balaban J connectivity index is 1.94. The highest BCUT2D eigenvalue weighted by molar-refractivity contribution is 5.83. The zero-order chi connectivity index (χ0) is 14.8. The van der Waals surface area contributed by atoms with Gasteiger partial charge in [-0.05, 0) is 51.7 Å². The maximum Gasteiger partial charge on any atom is 0.230 e. The molecule has 0 radical (unpaired) electrons. The molecular weight excluding hydrogens is 250 g/mol. The Bertz CT molecular complexity index is 327. The molecule has 0 saturated carbocycles. The van der Waals surface area contributed by atoms with Crippen LogP contribution in [0.15, 0.2) is 0 Å². The average molecular weight is 281 g/mol. The molecule has 1 N–H and O–H groups in total. The number of amides is 1. The zero-order valence-electron chi connectivity index (χ0n) is 13.6. The van der Waals surface area contributed by atoms with Crippen LogP contribution in [0.2, 0.25) is 0 Å². The van der Waals surface area contributed by atoms with Crippen LogP contribution in [0.4, 0.5) is 0 Å². The highest BCUT2D eigenvalue weighted by Crippen LogP contribution is 2.37. The molecule has 4 heteroatoms. The number of carbonyl (C=O) groups is 1. The summed E-state index contributed by atoms with van der Waals surface area (Å²) in [6.45, 7) is 9.30. The minimum Gasteiger partial charge on any atom is -0.342 e. The van der Waals surface area contributed by atoms with E-state index in [2.05, 4.69) is 43.1 Å². The fourth-order valence-corrected chi connectivity index (χ4v) is 3.78. The number of nitrogens with one attached hydrogen (secondary N) is 1. The van der Waals surface area contributed by atoms with E-state index in [1.54, 1.807) is 0 Å². The minimum atomic E-state index is -0.144. The predicted molar refractivity (Wildman–Crippen MR) is 82.6 cm³/mol. The third-order valence-corrected chi connectivity index (χ3v) is 5.24. The summed E-state index contributed by atoms with van der Waals surface area (Å²) < 4.78 is 0. The maximum absolute atomic E-state index is 13.0. The van der Waals surface area contributed by atoms with E-state index in [4.69, 9.17) is 0 Å². The molecular formula is C16H31N3O. The summed E-state index contributed by atoms with van der Waals surface area (Å²) in [5, 5.41) is 3.40. The molecule has 2 saturated heterocycles. The molecule has 1 amide bonds. The number of piperidine rings is 1. The third kappa shape index (κ3) is 3.17. The van der Waals surface area contributed by atoms with Gasteiger partial charge in [0.25, 0.3) is 0 Å². The maximum atomic E-state index is 13.0. The van der Waals surface area contributed by atoms with Crippen LogP contribution in [-0.2, 0) is 4.79 Å². The van der Waals surface area contributed by atoms with Crippen LogP contribution in [-0.4, -0.2) is 62.5 Å². The number of likely N-dealkylation sites (tertiary alicyclic amines) is 1. The van der Waals surface area contributed by atoms with Gasteiger partial charge in [0.2, 0.25) is 5.91 Å². The molecule has 1 unspecified atom stereocenters. The highest BCUT2D eigenvalue weighted by Gasteiger charge is 2.46. The van der Waals surface area contributed by atoms with Gasteiger partial charge in [0.1, 0.15) is 0 Å². The summed E-state index contributed by atoms with van der Waals surface area (Å²) in [7, 11) is 4.27. The van der Waals surface area contributed by atoms with Gasteiger partial charge in [-0.3, -0.25) is 4.79 Å². The lowest BCUT2D eigenvalue weighted by Gasteiger charge is -2.40. The normalized spacial score (nSPS) is 28.6. The van der Waals surface area contributed by atoms with E-state index in [0.717, 1.165) is 57.9 Å². The molecule has 0 spiro atoms. The van der Waals surface area contributed by atoms with Crippen LogP contribution < -0.4 is 5.32 Å². The van der Waals surface area contributed by atoms with E-state index in [9.17, 15) is 4.79 Å². The number of nitrogens with zero attached hydrogens (tertiary/aromatic N) is 2. The molecule has 0 aromatic rings. The first-order valence-corrected chi connectivity index (χ1v) is 8.10. The standard InChI is InChI=1S/C16H31N3O/c1-13(2)16(7-8-17-12-16)15(20)19-9-5-14(6-10-19)11-18(3)4/h13-14,17H,5-12H2,1-4H3. The van der Waals surface area contributed by atoms with Crippen molar-refractivity contribution in [1.29, 1.82) is 0 Å². The predicted octanol–water partition coefficient (Wildman–Crippen LogP) is 1.42. The Labute approximate surface area is 123 Å². The number of hydrogen-bond acceptors (Lipinski definition) is 3. The van der Waals surface area contributed by atoms with Gasteiger partial charge >= 0.3 is 0 Å². The molecule has 1 atom stereocenters. The van der Waals surface area contributed by atoms with Gasteiger partial charge in [-0.15, -0.1) is 0 Å². The van der Waals surface area contributed by atoms with E-state index >= 15 is 0 Å². The molecule has 2 aliphatic rings. The second kappa shape index (κ2) is 6.44. The lowest BCUT2D eigenvalue weighted by molar-refractivity contribution is -0.145. The molecule has 2 rings (SSSR count). The molecule has 0 aliphatic carbocycles. The molecule has 2 heterocycles. The Hall–Kier alpha value is -0.610. The van der Waals surface area contributed by atoms with Crippen molar-refractivity contribution in [2.24, 2.45) is 17.3 Å². The first-order chi connectivity index (χ1) is 9.45. The second-order valence-electron chi connectivity index (χ2n) is 7.24. The summed E-state index contributed by atoms with van der Waals surface area (Å²) >= 11 is 0. The SMILES string of the molecule is CC(C)C1(C(=O)N2CCC(CN(C)C)CC2)CCNC1. The summed E-state index contributed by atoms with van der Waals surface area (Å²) in [6, 6.07) is 0. The summed E-state index contributed by atoms with van der Waals surface area (Å²) in [5.74, 6) is 1.58. The Kier molecular flexibility index (Phi) is 5.08. The van der Waals surface area contributed by atoms with Crippen molar-refractivity contribution in [3.05, 3.63) is 0 Å². The molecule has 2 aliphatic heterocycles. The van der Waals surface area contributed by atoms with E-state index in [-0.39, 0.29) is 5.41 Å². The summed E-state index contributed by atoms with van der Waals surface area (Å²) in [4.78, 5) is 17.4. The van der Waals surface area contributed by atoms with E-state index < -0.39 is 0 Å². The van der Waals surface area contributed by atoms with E-state index in [1.165, 1.54) is 0 Å².